The molecule has 0 aliphatic carbocycles. The first-order chi connectivity index (χ1) is 10.4. The molecule has 0 spiro atoms. The molecular formula is C17H44O3Si4. The van der Waals surface area contributed by atoms with E-state index < -0.39 is 34.0 Å². The topological polar surface area (TPSA) is 27.7 Å². The third-order valence-corrected chi connectivity index (χ3v) is 17.9. The summed E-state index contributed by atoms with van der Waals surface area (Å²) in [6.07, 6.45) is 2.06. The fraction of sp³-hybridized carbons (Fsp3) is 1.00. The van der Waals surface area contributed by atoms with Gasteiger partial charge in [-0.2, -0.15) is 0 Å². The quantitative estimate of drug-likeness (QED) is 0.435. The number of hydrogen-bond donors (Lipinski definition) is 0. The molecule has 0 aromatic heterocycles. The van der Waals surface area contributed by atoms with Gasteiger partial charge < -0.3 is 13.0 Å². The Bertz CT molecular complexity index is 404. The summed E-state index contributed by atoms with van der Waals surface area (Å²) in [7, 11) is -6.74. The third-order valence-electron chi connectivity index (χ3n) is 5.29. The van der Waals surface area contributed by atoms with E-state index in [-0.39, 0.29) is 10.4 Å². The van der Waals surface area contributed by atoms with Crippen LogP contribution in [0, 0.1) is 0 Å². The summed E-state index contributed by atoms with van der Waals surface area (Å²) < 4.78 is 20.0. The predicted octanol–water partition coefficient (Wildman–Crippen LogP) is 5.68. The Labute approximate surface area is 157 Å². The molecule has 0 rings (SSSR count). The van der Waals surface area contributed by atoms with Gasteiger partial charge in [-0.1, -0.05) is 33.5 Å². The summed E-state index contributed by atoms with van der Waals surface area (Å²) in [4.78, 5) is 0. The first-order valence-corrected chi connectivity index (χ1v) is 21.4. The normalized spacial score (nSPS) is 20.4. The van der Waals surface area contributed by atoms with Gasteiger partial charge in [0.05, 0.1) is 13.3 Å². The molecule has 0 aromatic rings. The Kier molecular flexibility index (Phi) is 8.44. The summed E-state index contributed by atoms with van der Waals surface area (Å²) in [6.45, 7) is 29.7. The van der Waals surface area contributed by atoms with Gasteiger partial charge in [0.1, 0.15) is 0 Å². The lowest BCUT2D eigenvalue weighted by Gasteiger charge is -2.48. The molecule has 3 nitrogen and oxygen atoms in total. The van der Waals surface area contributed by atoms with E-state index in [1.54, 1.807) is 0 Å². The molecule has 0 aromatic carbocycles. The lowest BCUT2D eigenvalue weighted by atomic mass is 10.3. The van der Waals surface area contributed by atoms with Crippen molar-refractivity contribution in [3.05, 3.63) is 0 Å². The Morgan fingerprint density at radius 1 is 0.833 bits per heavy atom. The molecule has 3 atom stereocenters. The van der Waals surface area contributed by atoms with E-state index in [0.717, 1.165) is 12.8 Å². The summed E-state index contributed by atoms with van der Waals surface area (Å²) in [5.41, 5.74) is 0. The molecule has 0 aliphatic rings. The summed E-state index contributed by atoms with van der Waals surface area (Å²) in [6, 6.07) is 0. The number of hydrogen-bond acceptors (Lipinski definition) is 3. The Morgan fingerprint density at radius 2 is 1.29 bits per heavy atom. The van der Waals surface area contributed by atoms with E-state index >= 15 is 0 Å². The van der Waals surface area contributed by atoms with Crippen LogP contribution in [-0.2, 0) is 13.0 Å². The molecule has 0 bridgehead atoms. The van der Waals surface area contributed by atoms with Crippen LogP contribution in [0.15, 0.2) is 0 Å². The molecule has 0 amide bonds. The van der Waals surface area contributed by atoms with Crippen molar-refractivity contribution in [2.45, 2.75) is 110 Å². The van der Waals surface area contributed by atoms with Crippen molar-refractivity contribution in [2.24, 2.45) is 0 Å². The Morgan fingerprint density at radius 3 is 1.58 bits per heavy atom. The smallest absolute Gasteiger partial charge is 0.321 e. The second kappa shape index (κ2) is 8.18. The molecule has 3 unspecified atom stereocenters. The van der Waals surface area contributed by atoms with Gasteiger partial charge in [0, 0.05) is 5.22 Å². The highest BCUT2D eigenvalue weighted by Crippen LogP contribution is 2.34. The van der Waals surface area contributed by atoms with Crippen LogP contribution >= 0.6 is 0 Å². The first-order valence-electron chi connectivity index (χ1n) is 9.49. The zero-order valence-electron chi connectivity index (χ0n) is 18.7. The van der Waals surface area contributed by atoms with Gasteiger partial charge in [-0.15, -0.1) is 0 Å². The van der Waals surface area contributed by atoms with Crippen molar-refractivity contribution < 1.29 is 13.0 Å². The maximum absolute atomic E-state index is 6.84. The molecule has 0 radical (unpaired) electrons. The van der Waals surface area contributed by atoms with Crippen molar-refractivity contribution in [3.8, 4) is 0 Å². The van der Waals surface area contributed by atoms with E-state index in [4.69, 9.17) is 13.0 Å². The minimum Gasteiger partial charge on any atom is -0.436 e. The van der Waals surface area contributed by atoms with Crippen LogP contribution in [0.3, 0.4) is 0 Å². The maximum Gasteiger partial charge on any atom is 0.321 e. The second-order valence-corrected chi connectivity index (χ2v) is 26.3. The van der Waals surface area contributed by atoms with Crippen LogP contribution in [0.1, 0.15) is 40.5 Å². The molecule has 146 valence electrons. The molecule has 0 aliphatic heterocycles. The van der Waals surface area contributed by atoms with E-state index in [0.29, 0.717) is 0 Å². The van der Waals surface area contributed by atoms with E-state index in [1.807, 2.05) is 0 Å². The van der Waals surface area contributed by atoms with Crippen molar-refractivity contribution in [1.82, 2.24) is 0 Å². The average Bonchev–Trinajstić information content (AvgIpc) is 2.33. The van der Waals surface area contributed by atoms with Crippen LogP contribution in [-0.4, -0.2) is 44.4 Å². The van der Waals surface area contributed by atoms with Gasteiger partial charge in [-0.05, 0) is 66.0 Å². The van der Waals surface area contributed by atoms with Crippen LogP contribution in [0.4, 0.5) is 0 Å². The highest BCUT2D eigenvalue weighted by molar-refractivity contribution is 6.82. The van der Waals surface area contributed by atoms with Gasteiger partial charge in [-0.3, -0.25) is 0 Å². The largest absolute Gasteiger partial charge is 0.436 e. The maximum atomic E-state index is 6.84. The second-order valence-electron chi connectivity index (χ2n) is 9.98. The zero-order valence-corrected chi connectivity index (χ0v) is 22.9. The molecule has 0 saturated carbocycles. The van der Waals surface area contributed by atoms with Crippen molar-refractivity contribution in [1.29, 1.82) is 0 Å². The average molecular weight is 409 g/mol. The SMILES string of the molecule is CCC(C)(O[Si](C)(C)O[Si](C)(C)C)[SiH](C)OC(C)(CC)[Si](C)(C)C. The van der Waals surface area contributed by atoms with Gasteiger partial charge in [0.2, 0.25) is 9.04 Å². The fourth-order valence-electron chi connectivity index (χ4n) is 3.07. The van der Waals surface area contributed by atoms with Crippen molar-refractivity contribution in [3.63, 3.8) is 0 Å². The molecule has 0 saturated heterocycles. The molecule has 0 heterocycles. The lowest BCUT2D eigenvalue weighted by Crippen LogP contribution is -2.61. The zero-order chi connectivity index (χ0) is 19.6. The molecule has 7 heteroatoms. The van der Waals surface area contributed by atoms with E-state index in [1.165, 1.54) is 0 Å². The fourth-order valence-corrected chi connectivity index (χ4v) is 16.7. The molecule has 0 N–H and O–H groups in total. The highest BCUT2D eigenvalue weighted by atomic mass is 28.4. The molecule has 24 heavy (non-hydrogen) atoms. The molecular weight excluding hydrogens is 365 g/mol. The summed E-state index contributed by atoms with van der Waals surface area (Å²) in [5.74, 6) is 0. The summed E-state index contributed by atoms with van der Waals surface area (Å²) in [5, 5.41) is -0.158. The van der Waals surface area contributed by atoms with E-state index in [9.17, 15) is 0 Å². The van der Waals surface area contributed by atoms with Crippen LogP contribution in [0.2, 0.25) is 58.9 Å². The highest BCUT2D eigenvalue weighted by Gasteiger charge is 2.47. The van der Waals surface area contributed by atoms with Gasteiger partial charge in [0.15, 0.2) is 8.32 Å². The van der Waals surface area contributed by atoms with Crippen LogP contribution in [0.5, 0.6) is 0 Å². The lowest BCUT2D eigenvalue weighted by molar-refractivity contribution is 0.0737. The van der Waals surface area contributed by atoms with Gasteiger partial charge >= 0.3 is 8.56 Å². The van der Waals surface area contributed by atoms with Crippen molar-refractivity contribution in [2.75, 3.05) is 0 Å². The third kappa shape index (κ3) is 7.17. The Balaban J connectivity index is 5.35. The van der Waals surface area contributed by atoms with Crippen molar-refractivity contribution >= 4 is 34.0 Å². The van der Waals surface area contributed by atoms with Gasteiger partial charge in [-0.25, -0.2) is 0 Å². The minimum atomic E-state index is -2.16. The first kappa shape index (κ1) is 24.7. The Hall–Kier alpha value is 0.748. The predicted molar refractivity (Wildman–Crippen MR) is 118 cm³/mol. The minimum absolute atomic E-state index is 0.0176. The summed E-state index contributed by atoms with van der Waals surface area (Å²) >= 11 is 0. The monoisotopic (exact) mass is 408 g/mol. The van der Waals surface area contributed by atoms with Gasteiger partial charge in [0.25, 0.3) is 0 Å². The number of rotatable bonds is 10. The van der Waals surface area contributed by atoms with E-state index in [2.05, 4.69) is 86.6 Å². The van der Waals surface area contributed by atoms with Crippen LogP contribution < -0.4 is 0 Å². The standard InChI is InChI=1S/C17H44O3Si4/c1-14-16(3,19-24(12,13)20-23(9,10)11)21(5)18-17(4,15-2)22(6,7)8/h21H,14-15H2,1-13H3. The molecule has 0 fully saturated rings. The van der Waals surface area contributed by atoms with Crippen LogP contribution in [0.25, 0.3) is 0 Å².